The number of methoxy groups -OCH3 is 1. The van der Waals surface area contributed by atoms with E-state index >= 15 is 0 Å². The molecular weight excluding hydrogens is 334 g/mol. The van der Waals surface area contributed by atoms with E-state index in [0.29, 0.717) is 23.7 Å². The van der Waals surface area contributed by atoms with Crippen LogP contribution in [0.25, 0.3) is 0 Å². The second-order valence-electron chi connectivity index (χ2n) is 5.67. The minimum absolute atomic E-state index is 0.00524. The highest BCUT2D eigenvalue weighted by Gasteiger charge is 2.15. The zero-order chi connectivity index (χ0) is 18.2. The van der Waals surface area contributed by atoms with Gasteiger partial charge in [0.15, 0.2) is 0 Å². The van der Waals surface area contributed by atoms with Crippen LogP contribution in [-0.2, 0) is 22.7 Å². The molecule has 0 aliphatic rings. The summed E-state index contributed by atoms with van der Waals surface area (Å²) in [6.45, 7) is 2.77. The van der Waals surface area contributed by atoms with E-state index in [2.05, 4.69) is 11.1 Å². The number of thioether (sulfide) groups is 1. The van der Waals surface area contributed by atoms with Crippen molar-refractivity contribution in [2.75, 3.05) is 19.9 Å². The fraction of sp³-hybridized carbons (Fsp3) is 0.316. The predicted octanol–water partition coefficient (Wildman–Crippen LogP) is 3.16. The van der Waals surface area contributed by atoms with Crippen LogP contribution in [-0.4, -0.2) is 35.7 Å². The van der Waals surface area contributed by atoms with Gasteiger partial charge in [0.1, 0.15) is 11.1 Å². The lowest BCUT2D eigenvalue weighted by Crippen LogP contribution is -2.27. The van der Waals surface area contributed by atoms with E-state index in [4.69, 9.17) is 4.74 Å². The molecule has 0 unspecified atom stereocenters. The maximum atomic E-state index is 12.4. The summed E-state index contributed by atoms with van der Waals surface area (Å²) in [5, 5.41) is 10.0. The highest BCUT2D eigenvalue weighted by Crippen LogP contribution is 2.25. The van der Waals surface area contributed by atoms with Gasteiger partial charge in [0, 0.05) is 26.4 Å². The Labute approximate surface area is 152 Å². The molecule has 1 heterocycles. The molecule has 0 bridgehead atoms. The molecule has 2 rings (SSSR count). The molecule has 0 fully saturated rings. The number of aryl methyl sites for hydroxylation is 1. The molecule has 0 N–H and O–H groups in total. The highest BCUT2D eigenvalue weighted by molar-refractivity contribution is 8.00. The van der Waals surface area contributed by atoms with Crippen molar-refractivity contribution in [1.82, 2.24) is 9.88 Å². The van der Waals surface area contributed by atoms with Crippen molar-refractivity contribution < 1.29 is 9.53 Å². The molecule has 5 nitrogen and oxygen atoms in total. The number of aromatic nitrogens is 1. The number of amides is 1. The number of ether oxygens (including phenoxy) is 1. The summed E-state index contributed by atoms with van der Waals surface area (Å²) >= 11 is 1.29. The smallest absolute Gasteiger partial charge is 0.233 e. The third-order valence-electron chi connectivity index (χ3n) is 3.63. The number of pyridine rings is 1. The molecule has 0 saturated carbocycles. The van der Waals surface area contributed by atoms with Crippen LogP contribution in [0.15, 0.2) is 41.4 Å². The Kier molecular flexibility index (Phi) is 6.99. The number of nitrogens with zero attached hydrogens (tertiary/aromatic N) is 3. The third kappa shape index (κ3) is 5.31. The number of hydrogen-bond donors (Lipinski definition) is 0. The summed E-state index contributed by atoms with van der Waals surface area (Å²) in [7, 11) is 3.37. The predicted molar refractivity (Wildman–Crippen MR) is 98.0 cm³/mol. The first-order valence-electron chi connectivity index (χ1n) is 7.85. The van der Waals surface area contributed by atoms with Crippen LogP contribution in [0.4, 0.5) is 0 Å². The topological polar surface area (TPSA) is 66.2 Å². The molecule has 0 spiro atoms. The zero-order valence-corrected chi connectivity index (χ0v) is 15.5. The van der Waals surface area contributed by atoms with Crippen molar-refractivity contribution in [3.63, 3.8) is 0 Å². The Morgan fingerprint density at radius 3 is 2.72 bits per heavy atom. The average Bonchev–Trinajstić information content (AvgIpc) is 2.60. The Morgan fingerprint density at radius 2 is 2.08 bits per heavy atom. The van der Waals surface area contributed by atoms with Crippen molar-refractivity contribution in [2.24, 2.45) is 0 Å². The van der Waals surface area contributed by atoms with Gasteiger partial charge < -0.3 is 9.64 Å². The van der Waals surface area contributed by atoms with E-state index in [1.54, 1.807) is 19.1 Å². The van der Waals surface area contributed by atoms with Crippen molar-refractivity contribution in [3.05, 3.63) is 58.8 Å². The molecule has 0 aliphatic heterocycles. The fourth-order valence-corrected chi connectivity index (χ4v) is 3.40. The molecule has 130 valence electrons. The van der Waals surface area contributed by atoms with Crippen molar-refractivity contribution in [1.29, 1.82) is 5.26 Å². The van der Waals surface area contributed by atoms with E-state index < -0.39 is 0 Å². The first kappa shape index (κ1) is 19.0. The van der Waals surface area contributed by atoms with Gasteiger partial charge in [-0.3, -0.25) is 4.79 Å². The van der Waals surface area contributed by atoms with Crippen LogP contribution in [0.1, 0.15) is 22.4 Å². The zero-order valence-electron chi connectivity index (χ0n) is 14.7. The van der Waals surface area contributed by atoms with Gasteiger partial charge in [0.05, 0.1) is 17.9 Å². The molecule has 1 aromatic carbocycles. The first-order chi connectivity index (χ1) is 12.0. The van der Waals surface area contributed by atoms with Crippen LogP contribution in [0.2, 0.25) is 0 Å². The van der Waals surface area contributed by atoms with Crippen LogP contribution in [0, 0.1) is 18.3 Å². The van der Waals surface area contributed by atoms with Crippen molar-refractivity contribution in [3.8, 4) is 6.07 Å². The molecule has 25 heavy (non-hydrogen) atoms. The largest absolute Gasteiger partial charge is 0.380 e. The van der Waals surface area contributed by atoms with Gasteiger partial charge in [-0.2, -0.15) is 5.26 Å². The van der Waals surface area contributed by atoms with E-state index in [1.807, 2.05) is 43.3 Å². The van der Waals surface area contributed by atoms with Crippen LogP contribution in [0.3, 0.4) is 0 Å². The molecule has 6 heteroatoms. The second kappa shape index (κ2) is 9.21. The summed E-state index contributed by atoms with van der Waals surface area (Å²) in [5.41, 5.74) is 3.16. The monoisotopic (exact) mass is 355 g/mol. The molecule has 0 radical (unpaired) electrons. The van der Waals surface area contributed by atoms with Crippen molar-refractivity contribution >= 4 is 17.7 Å². The Balaban J connectivity index is 2.05. The van der Waals surface area contributed by atoms with Crippen LogP contribution in [0.5, 0.6) is 0 Å². The maximum Gasteiger partial charge on any atom is 0.233 e. The highest BCUT2D eigenvalue weighted by atomic mass is 32.2. The number of rotatable bonds is 7. The van der Waals surface area contributed by atoms with E-state index in [9.17, 15) is 10.1 Å². The van der Waals surface area contributed by atoms with Gasteiger partial charge >= 0.3 is 0 Å². The average molecular weight is 355 g/mol. The molecule has 0 atom stereocenters. The lowest BCUT2D eigenvalue weighted by molar-refractivity contribution is -0.127. The maximum absolute atomic E-state index is 12.4. The Hall–Kier alpha value is -2.36. The minimum atomic E-state index is -0.00524. The number of carbonyl (C=O) groups excluding carboxylic acids is 1. The van der Waals surface area contributed by atoms with Gasteiger partial charge in [0.2, 0.25) is 5.91 Å². The van der Waals surface area contributed by atoms with Crippen LogP contribution >= 0.6 is 11.8 Å². The van der Waals surface area contributed by atoms with Crippen molar-refractivity contribution in [2.45, 2.75) is 25.1 Å². The molecule has 0 saturated heterocycles. The van der Waals surface area contributed by atoms with E-state index in [0.717, 1.165) is 16.8 Å². The van der Waals surface area contributed by atoms with Gasteiger partial charge in [0.25, 0.3) is 0 Å². The standard InChI is InChI=1S/C19H21N3O2S/c1-14-9-16(12-24-3)17(10-20)19(21-14)25-13-18(23)22(2)11-15-7-5-4-6-8-15/h4-9H,11-13H2,1-3H3. The van der Waals surface area contributed by atoms with Crippen LogP contribution < -0.4 is 0 Å². The molecular formula is C19H21N3O2S. The fourth-order valence-electron chi connectivity index (χ4n) is 2.39. The van der Waals surface area contributed by atoms with Gasteiger partial charge in [-0.05, 0) is 24.1 Å². The number of carbonyl (C=O) groups is 1. The molecule has 1 amide bonds. The molecule has 2 aromatic rings. The van der Waals surface area contributed by atoms with E-state index in [1.165, 1.54) is 11.8 Å². The van der Waals surface area contributed by atoms with Gasteiger partial charge in [-0.15, -0.1) is 0 Å². The normalized spacial score (nSPS) is 10.3. The summed E-state index contributed by atoms with van der Waals surface area (Å²) in [4.78, 5) is 18.5. The summed E-state index contributed by atoms with van der Waals surface area (Å²) < 4.78 is 5.15. The lowest BCUT2D eigenvalue weighted by atomic mass is 10.1. The summed E-state index contributed by atoms with van der Waals surface area (Å²) in [6.07, 6.45) is 0. The molecule has 0 aliphatic carbocycles. The summed E-state index contributed by atoms with van der Waals surface area (Å²) in [6, 6.07) is 13.9. The summed E-state index contributed by atoms with van der Waals surface area (Å²) in [5.74, 6) is 0.232. The lowest BCUT2D eigenvalue weighted by Gasteiger charge is -2.17. The van der Waals surface area contributed by atoms with Gasteiger partial charge in [-0.25, -0.2) is 4.98 Å². The number of hydrogen-bond acceptors (Lipinski definition) is 5. The SMILES string of the molecule is COCc1cc(C)nc(SCC(=O)N(C)Cc2ccccc2)c1C#N. The van der Waals surface area contributed by atoms with Gasteiger partial charge in [-0.1, -0.05) is 42.1 Å². The quantitative estimate of drug-likeness (QED) is 0.714. The Bertz CT molecular complexity index is 772. The number of benzene rings is 1. The Morgan fingerprint density at radius 1 is 1.36 bits per heavy atom. The first-order valence-corrected chi connectivity index (χ1v) is 8.84. The third-order valence-corrected chi connectivity index (χ3v) is 4.59. The minimum Gasteiger partial charge on any atom is -0.380 e. The number of nitriles is 1. The molecule has 1 aromatic heterocycles. The second-order valence-corrected chi connectivity index (χ2v) is 6.64. The van der Waals surface area contributed by atoms with E-state index in [-0.39, 0.29) is 11.7 Å².